The molecule has 0 bridgehead atoms. The number of hydroxylamine groups is 2. The SMILES string of the molecule is CCCCCc1cc2c(CCCCCNC(=O)CCOCCOCCC(=O)ON3C(=O)CCC3=O)cccc2nc1N. The van der Waals surface area contributed by atoms with Crippen LogP contribution in [0.25, 0.3) is 10.9 Å². The van der Waals surface area contributed by atoms with E-state index in [1.165, 1.54) is 23.8 Å². The number of amides is 3. The Balaban J connectivity index is 1.19. The topological polar surface area (TPSA) is 150 Å². The van der Waals surface area contributed by atoms with Crippen LogP contribution in [-0.2, 0) is 46.3 Å². The summed E-state index contributed by atoms with van der Waals surface area (Å²) in [7, 11) is 0. The number of anilines is 1. The predicted octanol–water partition coefficient (Wildman–Crippen LogP) is 3.80. The molecule has 11 heteroatoms. The van der Waals surface area contributed by atoms with Gasteiger partial charge in [0.2, 0.25) is 5.91 Å². The maximum Gasteiger partial charge on any atom is 0.335 e. The van der Waals surface area contributed by atoms with Crippen molar-refractivity contribution in [2.75, 3.05) is 38.7 Å². The average Bonchev–Trinajstić information content (AvgIpc) is 3.28. The standard InChI is InChI=1S/C31H44N4O7/c1-2-3-5-10-24-22-25-23(11-8-12-26(25)34-31(24)32)9-6-4-7-17-33-27(36)15-18-40-20-21-41-19-16-30(39)42-35-28(37)13-14-29(35)38/h8,11-12,22H,2-7,9-10,13-21H2,1H3,(H2,32,34)(H,33,36). The molecule has 0 atom stereocenters. The highest BCUT2D eigenvalue weighted by Gasteiger charge is 2.32. The average molecular weight is 585 g/mol. The molecule has 1 aliphatic heterocycles. The van der Waals surface area contributed by atoms with Gasteiger partial charge in [0.15, 0.2) is 0 Å². The molecule has 1 fully saturated rings. The number of benzene rings is 1. The maximum absolute atomic E-state index is 12.1. The van der Waals surface area contributed by atoms with E-state index >= 15 is 0 Å². The largest absolute Gasteiger partial charge is 0.383 e. The normalized spacial score (nSPS) is 13.2. The van der Waals surface area contributed by atoms with Crippen molar-refractivity contribution < 1.29 is 33.5 Å². The summed E-state index contributed by atoms with van der Waals surface area (Å²) >= 11 is 0. The molecule has 0 saturated carbocycles. The van der Waals surface area contributed by atoms with Gasteiger partial charge in [-0.15, -0.1) is 5.06 Å². The van der Waals surface area contributed by atoms with Crippen molar-refractivity contribution in [2.45, 2.75) is 84.0 Å². The number of imide groups is 1. The van der Waals surface area contributed by atoms with E-state index < -0.39 is 17.8 Å². The van der Waals surface area contributed by atoms with Gasteiger partial charge in [-0.05, 0) is 55.4 Å². The van der Waals surface area contributed by atoms with Crippen molar-refractivity contribution in [3.63, 3.8) is 0 Å². The van der Waals surface area contributed by atoms with E-state index in [0.717, 1.165) is 49.6 Å². The molecule has 1 saturated heterocycles. The zero-order chi connectivity index (χ0) is 30.2. The second-order valence-corrected chi connectivity index (χ2v) is 10.4. The summed E-state index contributed by atoms with van der Waals surface area (Å²) in [5.41, 5.74) is 9.58. The van der Waals surface area contributed by atoms with Crippen LogP contribution in [-0.4, -0.2) is 66.7 Å². The number of fused-ring (bicyclic) bond motifs is 1. The lowest BCUT2D eigenvalue weighted by atomic mass is 9.99. The number of ether oxygens (including phenoxy) is 2. The summed E-state index contributed by atoms with van der Waals surface area (Å²) in [4.78, 5) is 56.0. The second kappa shape index (κ2) is 18.1. The summed E-state index contributed by atoms with van der Waals surface area (Å²) in [6.45, 7) is 3.70. The summed E-state index contributed by atoms with van der Waals surface area (Å²) in [6.07, 6.45) is 8.63. The predicted molar refractivity (Wildman–Crippen MR) is 158 cm³/mol. The third-order valence-electron chi connectivity index (χ3n) is 7.05. The number of unbranched alkanes of at least 4 members (excludes halogenated alkanes) is 4. The number of hydrogen-bond donors (Lipinski definition) is 2. The minimum absolute atomic E-state index is 0.0552. The molecule has 0 spiro atoms. The molecule has 3 N–H and O–H groups in total. The number of hydrogen-bond acceptors (Lipinski definition) is 9. The smallest absolute Gasteiger partial charge is 0.335 e. The first-order valence-electron chi connectivity index (χ1n) is 15.0. The molecule has 0 aliphatic carbocycles. The zero-order valence-corrected chi connectivity index (χ0v) is 24.7. The lowest BCUT2D eigenvalue weighted by molar-refractivity contribution is -0.198. The molecule has 0 unspecified atom stereocenters. The molecule has 11 nitrogen and oxygen atoms in total. The van der Waals surface area contributed by atoms with Crippen LogP contribution in [0.4, 0.5) is 5.82 Å². The molecular weight excluding hydrogens is 540 g/mol. The van der Waals surface area contributed by atoms with Gasteiger partial charge in [0.1, 0.15) is 5.82 Å². The zero-order valence-electron chi connectivity index (χ0n) is 24.7. The van der Waals surface area contributed by atoms with Crippen molar-refractivity contribution in [1.82, 2.24) is 15.4 Å². The summed E-state index contributed by atoms with van der Waals surface area (Å²) in [5.74, 6) is -1.16. The van der Waals surface area contributed by atoms with Crippen LogP contribution in [0.5, 0.6) is 0 Å². The summed E-state index contributed by atoms with van der Waals surface area (Å²) in [5, 5.41) is 4.63. The molecular formula is C31H44N4O7. The van der Waals surface area contributed by atoms with Crippen molar-refractivity contribution in [1.29, 1.82) is 0 Å². The van der Waals surface area contributed by atoms with Gasteiger partial charge >= 0.3 is 5.97 Å². The van der Waals surface area contributed by atoms with Gasteiger partial charge in [-0.1, -0.05) is 38.3 Å². The number of aryl methyl sites for hydroxylation is 2. The van der Waals surface area contributed by atoms with E-state index in [2.05, 4.69) is 29.4 Å². The van der Waals surface area contributed by atoms with Gasteiger partial charge in [-0.25, -0.2) is 9.78 Å². The fourth-order valence-corrected chi connectivity index (χ4v) is 4.68. The Bertz CT molecular complexity index is 1190. The van der Waals surface area contributed by atoms with Crippen LogP contribution in [0.2, 0.25) is 0 Å². The molecule has 2 aromatic rings. The molecule has 1 aromatic heterocycles. The summed E-state index contributed by atoms with van der Waals surface area (Å²) < 4.78 is 10.7. The van der Waals surface area contributed by atoms with Gasteiger partial charge in [0.25, 0.3) is 11.8 Å². The number of nitrogens with one attached hydrogen (secondary N) is 1. The fourth-order valence-electron chi connectivity index (χ4n) is 4.68. The van der Waals surface area contributed by atoms with Crippen molar-refractivity contribution in [3.8, 4) is 0 Å². The minimum Gasteiger partial charge on any atom is -0.383 e. The first kappa shape index (κ1) is 32.9. The Morgan fingerprint density at radius 1 is 0.905 bits per heavy atom. The Labute approximate surface area is 247 Å². The molecule has 3 rings (SSSR count). The van der Waals surface area contributed by atoms with E-state index in [1.54, 1.807) is 0 Å². The van der Waals surface area contributed by atoms with Gasteiger partial charge < -0.3 is 25.4 Å². The molecule has 230 valence electrons. The molecule has 0 radical (unpaired) electrons. The maximum atomic E-state index is 12.1. The second-order valence-electron chi connectivity index (χ2n) is 10.4. The molecule has 2 heterocycles. The van der Waals surface area contributed by atoms with Gasteiger partial charge in [0.05, 0.1) is 38.4 Å². The molecule has 42 heavy (non-hydrogen) atoms. The lowest BCUT2D eigenvalue weighted by Gasteiger charge is -2.12. The van der Waals surface area contributed by atoms with Gasteiger partial charge in [-0.3, -0.25) is 14.4 Å². The van der Waals surface area contributed by atoms with E-state index in [1.807, 2.05) is 12.1 Å². The highest BCUT2D eigenvalue weighted by molar-refractivity contribution is 6.01. The van der Waals surface area contributed by atoms with Crippen LogP contribution >= 0.6 is 0 Å². The molecule has 3 amide bonds. The van der Waals surface area contributed by atoms with Gasteiger partial charge in [0, 0.05) is 31.2 Å². The highest BCUT2D eigenvalue weighted by atomic mass is 16.7. The van der Waals surface area contributed by atoms with Crippen LogP contribution in [0, 0.1) is 0 Å². The van der Waals surface area contributed by atoms with Crippen LogP contribution in [0.15, 0.2) is 24.3 Å². The van der Waals surface area contributed by atoms with E-state index in [-0.39, 0.29) is 58.0 Å². The minimum atomic E-state index is -0.709. The quantitative estimate of drug-likeness (QED) is 0.175. The van der Waals surface area contributed by atoms with Crippen molar-refractivity contribution in [3.05, 3.63) is 35.4 Å². The van der Waals surface area contributed by atoms with Crippen LogP contribution < -0.4 is 11.1 Å². The Kier molecular flexibility index (Phi) is 14.2. The number of nitrogens with zero attached hydrogens (tertiary/aromatic N) is 2. The van der Waals surface area contributed by atoms with E-state index in [0.29, 0.717) is 17.4 Å². The number of carbonyl (C=O) groups is 4. The number of rotatable bonds is 20. The first-order valence-corrected chi connectivity index (χ1v) is 15.0. The third-order valence-corrected chi connectivity index (χ3v) is 7.05. The molecule has 1 aromatic carbocycles. The third kappa shape index (κ3) is 11.0. The Morgan fingerprint density at radius 2 is 1.60 bits per heavy atom. The first-order chi connectivity index (χ1) is 20.4. The van der Waals surface area contributed by atoms with Gasteiger partial charge in [-0.2, -0.15) is 0 Å². The van der Waals surface area contributed by atoms with E-state index in [9.17, 15) is 19.2 Å². The highest BCUT2D eigenvalue weighted by Crippen LogP contribution is 2.25. The lowest BCUT2D eigenvalue weighted by Crippen LogP contribution is -2.32. The van der Waals surface area contributed by atoms with Crippen LogP contribution in [0.3, 0.4) is 0 Å². The van der Waals surface area contributed by atoms with E-state index in [4.69, 9.17) is 20.0 Å². The number of pyridine rings is 1. The number of carbonyl (C=O) groups excluding carboxylic acids is 4. The van der Waals surface area contributed by atoms with Crippen molar-refractivity contribution in [2.24, 2.45) is 0 Å². The summed E-state index contributed by atoms with van der Waals surface area (Å²) in [6, 6.07) is 8.44. The Morgan fingerprint density at radius 3 is 2.33 bits per heavy atom. The van der Waals surface area contributed by atoms with Crippen LogP contribution in [0.1, 0.15) is 82.3 Å². The number of aromatic nitrogens is 1. The number of nitrogens with two attached hydrogens (primary N) is 1. The Hall–Kier alpha value is -3.57. The fraction of sp³-hybridized carbons (Fsp3) is 0.581. The molecule has 1 aliphatic rings. The van der Waals surface area contributed by atoms with Crippen molar-refractivity contribution >= 4 is 40.4 Å². The monoisotopic (exact) mass is 584 g/mol. The number of nitrogen functional groups attached to an aromatic ring is 1.